The number of benzene rings is 1. The van der Waals surface area contributed by atoms with Gasteiger partial charge in [0.2, 0.25) is 5.96 Å². The minimum atomic E-state index is 0.410. The fraction of sp³-hybridized carbons (Fsp3) is 0.353. The van der Waals surface area contributed by atoms with Crippen molar-refractivity contribution in [3.63, 3.8) is 0 Å². The topological polar surface area (TPSA) is 95.5 Å². The zero-order chi connectivity index (χ0) is 17.4. The molecule has 7 heteroatoms. The summed E-state index contributed by atoms with van der Waals surface area (Å²) in [4.78, 5) is 8.33. The van der Waals surface area contributed by atoms with Gasteiger partial charge in [-0.15, -0.1) is 0 Å². The Morgan fingerprint density at radius 1 is 1.46 bits per heavy atom. The third-order valence-electron chi connectivity index (χ3n) is 3.31. The quantitative estimate of drug-likeness (QED) is 0.366. The minimum Gasteiger partial charge on any atom is -0.496 e. The number of rotatable bonds is 6. The van der Waals surface area contributed by atoms with Crippen molar-refractivity contribution < 1.29 is 9.15 Å². The van der Waals surface area contributed by atoms with Gasteiger partial charge in [0.25, 0.3) is 0 Å². The first-order valence-corrected chi connectivity index (χ1v) is 7.68. The van der Waals surface area contributed by atoms with E-state index in [2.05, 4.69) is 34.5 Å². The molecule has 0 bridgehead atoms. The zero-order valence-electron chi connectivity index (χ0n) is 14.0. The van der Waals surface area contributed by atoms with E-state index in [1.807, 2.05) is 18.3 Å². The molecule has 0 saturated heterocycles. The molecule has 2 rings (SSSR count). The standard InChI is InChI=1S/C17H21N5O2/c1-12(2)6-7-20-17(21-10-18)22-13-4-5-14(15(8-13)23-3)16-9-19-11-24-16/h4-5,8-9,11-12H,6-7H2,1-3H3,(H2,20,21,22). The summed E-state index contributed by atoms with van der Waals surface area (Å²) >= 11 is 0. The lowest BCUT2D eigenvalue weighted by Crippen LogP contribution is -2.35. The molecule has 0 saturated carbocycles. The van der Waals surface area contributed by atoms with Crippen molar-refractivity contribution >= 4 is 11.6 Å². The molecule has 2 N–H and O–H groups in total. The number of guanidine groups is 1. The lowest BCUT2D eigenvalue weighted by atomic mass is 10.1. The number of nitrogens with zero attached hydrogens (tertiary/aromatic N) is 3. The largest absolute Gasteiger partial charge is 0.496 e. The lowest BCUT2D eigenvalue weighted by Gasteiger charge is -2.10. The van der Waals surface area contributed by atoms with Crippen molar-refractivity contribution in [2.75, 3.05) is 13.7 Å². The van der Waals surface area contributed by atoms with Crippen molar-refractivity contribution in [1.29, 1.82) is 5.26 Å². The molecule has 0 unspecified atom stereocenters. The molecule has 0 radical (unpaired) electrons. The van der Waals surface area contributed by atoms with Gasteiger partial charge in [0.1, 0.15) is 5.75 Å². The van der Waals surface area contributed by atoms with Gasteiger partial charge < -0.3 is 14.5 Å². The van der Waals surface area contributed by atoms with Crippen LogP contribution in [0.4, 0.5) is 5.69 Å². The van der Waals surface area contributed by atoms with Crippen LogP contribution >= 0.6 is 0 Å². The molecule has 1 aromatic heterocycles. The Hall–Kier alpha value is -3.01. The van der Waals surface area contributed by atoms with Crippen LogP contribution in [0, 0.1) is 17.4 Å². The molecule has 1 heterocycles. The lowest BCUT2D eigenvalue weighted by molar-refractivity contribution is 0.415. The van der Waals surface area contributed by atoms with Gasteiger partial charge in [-0.2, -0.15) is 5.26 Å². The maximum atomic E-state index is 8.87. The van der Waals surface area contributed by atoms with Gasteiger partial charge in [0.15, 0.2) is 18.3 Å². The predicted molar refractivity (Wildman–Crippen MR) is 91.8 cm³/mol. The predicted octanol–water partition coefficient (Wildman–Crippen LogP) is 3.04. The van der Waals surface area contributed by atoms with Crippen LogP contribution < -0.4 is 15.4 Å². The van der Waals surface area contributed by atoms with E-state index < -0.39 is 0 Å². The molecule has 0 atom stereocenters. The fourth-order valence-electron chi connectivity index (χ4n) is 2.07. The zero-order valence-corrected chi connectivity index (χ0v) is 14.0. The van der Waals surface area contributed by atoms with Gasteiger partial charge in [-0.25, -0.2) is 9.98 Å². The van der Waals surface area contributed by atoms with E-state index in [4.69, 9.17) is 14.4 Å². The summed E-state index contributed by atoms with van der Waals surface area (Å²) in [5.41, 5.74) is 1.45. The molecule has 24 heavy (non-hydrogen) atoms. The van der Waals surface area contributed by atoms with E-state index in [1.165, 1.54) is 6.39 Å². The molecule has 7 nitrogen and oxygen atoms in total. The van der Waals surface area contributed by atoms with Gasteiger partial charge in [-0.05, 0) is 24.5 Å². The second-order valence-corrected chi connectivity index (χ2v) is 5.56. The summed E-state index contributed by atoms with van der Waals surface area (Å²) in [5, 5.41) is 14.6. The summed E-state index contributed by atoms with van der Waals surface area (Å²) in [7, 11) is 1.58. The first kappa shape index (κ1) is 17.3. The second kappa shape index (κ2) is 8.58. The number of oxazole rings is 1. The number of aromatic nitrogens is 1. The van der Waals surface area contributed by atoms with E-state index >= 15 is 0 Å². The van der Waals surface area contributed by atoms with Gasteiger partial charge in [-0.3, -0.25) is 5.32 Å². The maximum absolute atomic E-state index is 8.87. The summed E-state index contributed by atoms with van der Waals surface area (Å²) in [6, 6.07) is 5.45. The van der Waals surface area contributed by atoms with Crippen LogP contribution in [0.25, 0.3) is 11.3 Å². The highest BCUT2D eigenvalue weighted by Gasteiger charge is 2.10. The Balaban J connectivity index is 2.21. The molecule has 0 aliphatic heterocycles. The van der Waals surface area contributed by atoms with Gasteiger partial charge >= 0.3 is 0 Å². The average molecular weight is 327 g/mol. The number of ether oxygens (including phenoxy) is 1. The van der Waals surface area contributed by atoms with Crippen LogP contribution in [-0.2, 0) is 0 Å². The Bertz CT molecular complexity index is 717. The third kappa shape index (κ3) is 4.74. The van der Waals surface area contributed by atoms with Crippen LogP contribution in [0.2, 0.25) is 0 Å². The minimum absolute atomic E-state index is 0.410. The molecule has 0 amide bonds. The van der Waals surface area contributed by atoms with Crippen LogP contribution in [-0.4, -0.2) is 24.6 Å². The van der Waals surface area contributed by atoms with Crippen molar-refractivity contribution in [3.05, 3.63) is 30.8 Å². The number of nitriles is 1. The van der Waals surface area contributed by atoms with Crippen LogP contribution in [0.5, 0.6) is 5.75 Å². The Labute approximate surface area is 141 Å². The van der Waals surface area contributed by atoms with E-state index in [1.54, 1.807) is 19.4 Å². The van der Waals surface area contributed by atoms with E-state index in [0.717, 1.165) is 18.5 Å². The Kier molecular flexibility index (Phi) is 6.20. The highest BCUT2D eigenvalue weighted by atomic mass is 16.5. The molecule has 0 aliphatic rings. The second-order valence-electron chi connectivity index (χ2n) is 5.56. The first-order valence-electron chi connectivity index (χ1n) is 7.68. The SMILES string of the molecule is COc1cc(N=C(NC#N)NCCC(C)C)ccc1-c1cnco1. The number of nitrogens with one attached hydrogen (secondary N) is 2. The number of hydrogen-bond donors (Lipinski definition) is 2. The van der Waals surface area contributed by atoms with Crippen molar-refractivity contribution in [3.8, 4) is 23.3 Å². The Morgan fingerprint density at radius 3 is 2.92 bits per heavy atom. The summed E-state index contributed by atoms with van der Waals surface area (Å²) in [6.07, 6.45) is 5.87. The number of methoxy groups -OCH3 is 1. The van der Waals surface area contributed by atoms with E-state index in [9.17, 15) is 0 Å². The molecular formula is C17H21N5O2. The van der Waals surface area contributed by atoms with Crippen molar-refractivity contribution in [2.24, 2.45) is 10.9 Å². The van der Waals surface area contributed by atoms with E-state index in [0.29, 0.717) is 29.1 Å². The highest BCUT2D eigenvalue weighted by molar-refractivity contribution is 5.84. The summed E-state index contributed by atoms with van der Waals surface area (Å²) in [5.74, 6) is 2.22. The first-order chi connectivity index (χ1) is 11.6. The van der Waals surface area contributed by atoms with Crippen LogP contribution in [0.1, 0.15) is 20.3 Å². The van der Waals surface area contributed by atoms with Crippen LogP contribution in [0.15, 0.2) is 40.2 Å². The fourth-order valence-corrected chi connectivity index (χ4v) is 2.07. The van der Waals surface area contributed by atoms with Gasteiger partial charge in [0.05, 0.1) is 24.6 Å². The van der Waals surface area contributed by atoms with Crippen molar-refractivity contribution in [2.45, 2.75) is 20.3 Å². The smallest absolute Gasteiger partial charge is 0.209 e. The summed E-state index contributed by atoms with van der Waals surface area (Å²) < 4.78 is 10.7. The number of hydrogen-bond acceptors (Lipinski definition) is 5. The third-order valence-corrected chi connectivity index (χ3v) is 3.31. The van der Waals surface area contributed by atoms with Gasteiger partial charge in [-0.1, -0.05) is 13.8 Å². The summed E-state index contributed by atoms with van der Waals surface area (Å²) in [6.45, 7) is 5.02. The van der Waals surface area contributed by atoms with Gasteiger partial charge in [0, 0.05) is 12.6 Å². The molecular weight excluding hydrogens is 306 g/mol. The van der Waals surface area contributed by atoms with Crippen molar-refractivity contribution in [1.82, 2.24) is 15.6 Å². The van der Waals surface area contributed by atoms with E-state index in [-0.39, 0.29) is 0 Å². The molecule has 0 aliphatic carbocycles. The molecule has 1 aromatic carbocycles. The average Bonchev–Trinajstić information content (AvgIpc) is 3.08. The Morgan fingerprint density at radius 2 is 2.29 bits per heavy atom. The molecule has 2 aromatic rings. The molecule has 0 spiro atoms. The molecule has 0 fully saturated rings. The van der Waals surface area contributed by atoms with Crippen LogP contribution in [0.3, 0.4) is 0 Å². The highest BCUT2D eigenvalue weighted by Crippen LogP contribution is 2.33. The monoisotopic (exact) mass is 327 g/mol. The number of aliphatic imine (C=N–C) groups is 1. The molecule has 126 valence electrons. The maximum Gasteiger partial charge on any atom is 0.209 e. The normalized spacial score (nSPS) is 11.2.